The number of nitrogens with two attached hydrogens (primary N) is 2. The molecule has 2 aromatic rings. The molecule has 0 saturated heterocycles. The van der Waals surface area contributed by atoms with Crippen molar-refractivity contribution in [2.75, 3.05) is 17.6 Å². The largest absolute Gasteiger partial charge is 0.384 e. The Balaban J connectivity index is 2.01. The van der Waals surface area contributed by atoms with Crippen molar-refractivity contribution >= 4 is 17.4 Å². The van der Waals surface area contributed by atoms with Gasteiger partial charge >= 0.3 is 0 Å². The van der Waals surface area contributed by atoms with Gasteiger partial charge in [-0.05, 0) is 6.07 Å². The molecule has 0 spiro atoms. The number of rotatable bonds is 5. The van der Waals surface area contributed by atoms with Crippen LogP contribution in [0.5, 0.6) is 0 Å². The number of aromatic nitrogens is 4. The normalized spacial score (nSPS) is 10.4. The molecule has 0 atom stereocenters. The number of nitrogens with one attached hydrogen (secondary N) is 1. The lowest BCUT2D eigenvalue weighted by molar-refractivity contribution is 0.100. The molecule has 0 aliphatic carbocycles. The lowest BCUT2D eigenvalue weighted by atomic mass is 10.2. The molecule has 0 bridgehead atoms. The molecule has 8 nitrogen and oxygen atoms in total. The number of primary amides is 1. The molecular weight excluding hydrogens is 246 g/mol. The standard InChI is InChI=1S/C11H15N7O/c1-18-6-16-10(17-18)2-3-14-8-5-15-9(12)4-7(8)11(13)19/h4-6,14H,2-3H2,1H3,(H2,12,15)(H2,13,19). The van der Waals surface area contributed by atoms with Crippen molar-refractivity contribution in [2.24, 2.45) is 12.8 Å². The van der Waals surface area contributed by atoms with Crippen molar-refractivity contribution in [2.45, 2.75) is 6.42 Å². The van der Waals surface area contributed by atoms with Gasteiger partial charge in [0.05, 0.1) is 17.4 Å². The van der Waals surface area contributed by atoms with Gasteiger partial charge in [0.25, 0.3) is 5.91 Å². The summed E-state index contributed by atoms with van der Waals surface area (Å²) in [4.78, 5) is 19.3. The van der Waals surface area contributed by atoms with Crippen LogP contribution >= 0.6 is 0 Å². The molecule has 0 aliphatic heterocycles. The molecule has 0 aromatic carbocycles. The first-order valence-corrected chi connectivity index (χ1v) is 5.70. The van der Waals surface area contributed by atoms with E-state index in [-0.39, 0.29) is 5.82 Å². The van der Waals surface area contributed by atoms with Crippen LogP contribution in [0, 0.1) is 0 Å². The summed E-state index contributed by atoms with van der Waals surface area (Å²) in [6.07, 6.45) is 3.75. The topological polar surface area (TPSA) is 125 Å². The highest BCUT2D eigenvalue weighted by atomic mass is 16.1. The zero-order valence-electron chi connectivity index (χ0n) is 10.5. The van der Waals surface area contributed by atoms with E-state index < -0.39 is 5.91 Å². The van der Waals surface area contributed by atoms with E-state index in [1.165, 1.54) is 12.3 Å². The van der Waals surface area contributed by atoms with Gasteiger partial charge in [0, 0.05) is 20.0 Å². The number of nitrogens with zero attached hydrogens (tertiary/aromatic N) is 4. The van der Waals surface area contributed by atoms with E-state index >= 15 is 0 Å². The van der Waals surface area contributed by atoms with Gasteiger partial charge < -0.3 is 16.8 Å². The summed E-state index contributed by atoms with van der Waals surface area (Å²) in [5.74, 6) is 0.428. The number of carbonyl (C=O) groups is 1. The van der Waals surface area contributed by atoms with E-state index in [9.17, 15) is 4.79 Å². The predicted molar refractivity (Wildman–Crippen MR) is 70.4 cm³/mol. The highest BCUT2D eigenvalue weighted by molar-refractivity contribution is 5.98. The van der Waals surface area contributed by atoms with Gasteiger partial charge in [-0.3, -0.25) is 9.48 Å². The van der Waals surface area contributed by atoms with Gasteiger partial charge in [0.2, 0.25) is 0 Å². The zero-order chi connectivity index (χ0) is 13.8. The molecule has 0 saturated carbocycles. The molecule has 2 heterocycles. The molecule has 100 valence electrons. The molecule has 5 N–H and O–H groups in total. The molecule has 8 heteroatoms. The van der Waals surface area contributed by atoms with Gasteiger partial charge in [0.15, 0.2) is 5.82 Å². The maximum absolute atomic E-state index is 11.3. The van der Waals surface area contributed by atoms with Crippen molar-refractivity contribution in [1.82, 2.24) is 19.7 Å². The van der Waals surface area contributed by atoms with Crippen molar-refractivity contribution in [3.63, 3.8) is 0 Å². The molecule has 0 unspecified atom stereocenters. The Morgan fingerprint density at radius 2 is 2.26 bits per heavy atom. The maximum Gasteiger partial charge on any atom is 0.250 e. The number of anilines is 2. The second-order valence-corrected chi connectivity index (χ2v) is 4.03. The molecule has 0 aliphatic rings. The third-order valence-corrected chi connectivity index (χ3v) is 2.50. The van der Waals surface area contributed by atoms with Crippen LogP contribution < -0.4 is 16.8 Å². The predicted octanol–water partition coefficient (Wildman–Crippen LogP) is -0.454. The Kier molecular flexibility index (Phi) is 3.60. The third-order valence-electron chi connectivity index (χ3n) is 2.50. The molecule has 2 rings (SSSR count). The summed E-state index contributed by atoms with van der Waals surface area (Å²) in [5, 5.41) is 7.22. The molecule has 2 aromatic heterocycles. The van der Waals surface area contributed by atoms with Gasteiger partial charge in [-0.25, -0.2) is 9.97 Å². The second kappa shape index (κ2) is 5.34. The number of amides is 1. The number of hydrogen-bond acceptors (Lipinski definition) is 6. The van der Waals surface area contributed by atoms with Gasteiger partial charge in [-0.15, -0.1) is 0 Å². The summed E-state index contributed by atoms with van der Waals surface area (Å²) in [6, 6.07) is 1.45. The molecule has 0 fully saturated rings. The Morgan fingerprint density at radius 3 is 2.89 bits per heavy atom. The molecular formula is C11H15N7O. The molecule has 19 heavy (non-hydrogen) atoms. The summed E-state index contributed by atoms with van der Waals surface area (Å²) < 4.78 is 1.63. The maximum atomic E-state index is 11.3. The molecule has 1 amide bonds. The van der Waals surface area contributed by atoms with Crippen LogP contribution in [0.3, 0.4) is 0 Å². The van der Waals surface area contributed by atoms with E-state index in [0.717, 1.165) is 5.82 Å². The van der Waals surface area contributed by atoms with Gasteiger partial charge in [-0.2, -0.15) is 5.10 Å². The van der Waals surface area contributed by atoms with Crippen LogP contribution in [-0.4, -0.2) is 32.2 Å². The van der Waals surface area contributed by atoms with Crippen molar-refractivity contribution < 1.29 is 4.79 Å². The van der Waals surface area contributed by atoms with Crippen LogP contribution in [0.25, 0.3) is 0 Å². The first-order chi connectivity index (χ1) is 9.06. The first kappa shape index (κ1) is 12.8. The smallest absolute Gasteiger partial charge is 0.250 e. The Labute approximate surface area is 109 Å². The Bertz CT molecular complexity index is 592. The highest BCUT2D eigenvalue weighted by Gasteiger charge is 2.09. The molecule has 0 radical (unpaired) electrons. The number of pyridine rings is 1. The fraction of sp³-hybridized carbons (Fsp3) is 0.273. The van der Waals surface area contributed by atoms with Crippen molar-refractivity contribution in [3.05, 3.63) is 30.0 Å². The average Bonchev–Trinajstić information content (AvgIpc) is 2.77. The van der Waals surface area contributed by atoms with Crippen LogP contribution in [0.15, 0.2) is 18.6 Å². The minimum atomic E-state index is -0.549. The summed E-state index contributed by atoms with van der Waals surface area (Å²) in [6.45, 7) is 0.565. The van der Waals surface area contributed by atoms with Crippen LogP contribution in [0.4, 0.5) is 11.5 Å². The minimum absolute atomic E-state index is 0.255. The van der Waals surface area contributed by atoms with E-state index in [2.05, 4.69) is 20.4 Å². The van der Waals surface area contributed by atoms with Crippen LogP contribution in [0.2, 0.25) is 0 Å². The monoisotopic (exact) mass is 261 g/mol. The summed E-state index contributed by atoms with van der Waals surface area (Å²) in [5.41, 5.74) is 11.7. The number of carbonyl (C=O) groups excluding carboxylic acids is 1. The Hall–Kier alpha value is -2.64. The van der Waals surface area contributed by atoms with Crippen LogP contribution in [-0.2, 0) is 13.5 Å². The lowest BCUT2D eigenvalue weighted by Gasteiger charge is -2.09. The van der Waals surface area contributed by atoms with E-state index in [1.807, 2.05) is 0 Å². The number of nitrogen functional groups attached to an aromatic ring is 1. The van der Waals surface area contributed by atoms with Gasteiger partial charge in [-0.1, -0.05) is 0 Å². The summed E-state index contributed by atoms with van der Waals surface area (Å²) in [7, 11) is 1.80. The van der Waals surface area contributed by atoms with Gasteiger partial charge in [0.1, 0.15) is 12.1 Å². The fourth-order valence-electron chi connectivity index (χ4n) is 1.62. The number of hydrogen-bond donors (Lipinski definition) is 3. The summed E-state index contributed by atoms with van der Waals surface area (Å²) >= 11 is 0. The Morgan fingerprint density at radius 1 is 1.47 bits per heavy atom. The highest BCUT2D eigenvalue weighted by Crippen LogP contribution is 2.15. The average molecular weight is 261 g/mol. The van der Waals surface area contributed by atoms with Crippen LogP contribution in [0.1, 0.15) is 16.2 Å². The van der Waals surface area contributed by atoms with E-state index in [1.54, 1.807) is 18.1 Å². The van der Waals surface area contributed by atoms with E-state index in [4.69, 9.17) is 11.5 Å². The lowest BCUT2D eigenvalue weighted by Crippen LogP contribution is -2.16. The minimum Gasteiger partial charge on any atom is -0.384 e. The zero-order valence-corrected chi connectivity index (χ0v) is 10.5. The van der Waals surface area contributed by atoms with E-state index in [0.29, 0.717) is 24.2 Å². The van der Waals surface area contributed by atoms with Crippen molar-refractivity contribution in [1.29, 1.82) is 0 Å². The number of aryl methyl sites for hydroxylation is 1. The SMILES string of the molecule is Cn1cnc(CCNc2cnc(N)cc2C(N)=O)n1. The fourth-order valence-corrected chi connectivity index (χ4v) is 1.62. The quantitative estimate of drug-likeness (QED) is 0.669. The third kappa shape index (κ3) is 3.18. The first-order valence-electron chi connectivity index (χ1n) is 5.70. The second-order valence-electron chi connectivity index (χ2n) is 4.03. The van der Waals surface area contributed by atoms with Crippen molar-refractivity contribution in [3.8, 4) is 0 Å².